The lowest BCUT2D eigenvalue weighted by Gasteiger charge is -2.49. The summed E-state index contributed by atoms with van der Waals surface area (Å²) in [5.41, 5.74) is 8.61. The number of aliphatic hydroxyl groups excluding tert-OH is 1. The number of hydrogen-bond acceptors (Lipinski definition) is 11. The summed E-state index contributed by atoms with van der Waals surface area (Å²) in [6, 6.07) is 43.7. The van der Waals surface area contributed by atoms with Crippen LogP contribution >= 0.6 is 11.8 Å². The molecule has 352 valence electrons. The molecule has 2 fully saturated rings. The molecule has 5 aromatic carbocycles. The minimum atomic E-state index is -1.13. The Labute approximate surface area is 399 Å². The summed E-state index contributed by atoms with van der Waals surface area (Å²) < 4.78 is 61.7. The van der Waals surface area contributed by atoms with Crippen LogP contribution in [0.2, 0.25) is 0 Å². The van der Waals surface area contributed by atoms with Crippen molar-refractivity contribution >= 4 is 11.8 Å². The van der Waals surface area contributed by atoms with E-state index >= 15 is 0 Å². The Morgan fingerprint density at radius 2 is 0.955 bits per heavy atom. The van der Waals surface area contributed by atoms with Crippen LogP contribution in [-0.2, 0) is 94.7 Å². The van der Waals surface area contributed by atoms with Crippen molar-refractivity contribution in [2.24, 2.45) is 0 Å². The van der Waals surface area contributed by atoms with Crippen LogP contribution in [0, 0.1) is 0 Å². The fourth-order valence-electron chi connectivity index (χ4n) is 9.54. The highest BCUT2D eigenvalue weighted by Crippen LogP contribution is 2.40. The quantitative estimate of drug-likeness (QED) is 0.136. The number of thioether (sulfide) groups is 1. The molecule has 0 amide bonds. The predicted octanol–water partition coefficient (Wildman–Crippen LogP) is 8.92. The fourth-order valence-corrected chi connectivity index (χ4v) is 10.7. The van der Waals surface area contributed by atoms with Gasteiger partial charge >= 0.3 is 0 Å². The number of fused-ring (bicyclic) bond motifs is 8. The summed E-state index contributed by atoms with van der Waals surface area (Å²) in [6.07, 6.45) is -0.962. The predicted molar refractivity (Wildman–Crippen MR) is 257 cm³/mol. The Hall–Kier alpha value is -4.47. The molecule has 1 N–H and O–H groups in total. The summed E-state index contributed by atoms with van der Waals surface area (Å²) in [5.74, 6) is 0. The number of hydrogen-bond donors (Lipinski definition) is 1. The lowest BCUT2D eigenvalue weighted by Crippen LogP contribution is -2.65. The standard InChI is InChI=1S/C56H62O10S/c1-3-30-60-53-51-49(57)47(36-58-32-42-20-12-8-16-38(42)26-28-40-18-10-14-22-44(40)34-62-51)64-55(53)66-50-48-37-59-33-43-21-13-9-17-39(43)27-29-41-19-11-15-23-45(41)35-63-52(50)54(61-31-4-2)56(65-48)67-46-24-6-5-7-25-46/h3-25,47-57H,1-2,26-37H2/t47-,48-,49-,50-,51+,52+,53-,54-,55-,56+/m1/s1. The van der Waals surface area contributed by atoms with Gasteiger partial charge in [-0.3, -0.25) is 0 Å². The third-order valence-corrected chi connectivity index (χ3v) is 14.2. The lowest BCUT2D eigenvalue weighted by atomic mass is 9.95. The van der Waals surface area contributed by atoms with E-state index < -0.39 is 60.6 Å². The molecule has 0 aliphatic carbocycles. The van der Waals surface area contributed by atoms with Gasteiger partial charge in [-0.25, -0.2) is 0 Å². The van der Waals surface area contributed by atoms with Crippen LogP contribution in [0.5, 0.6) is 0 Å². The highest BCUT2D eigenvalue weighted by molar-refractivity contribution is 7.99. The third-order valence-electron chi connectivity index (χ3n) is 13.1. The first-order chi connectivity index (χ1) is 33.1. The number of aliphatic hydroxyl groups is 1. The second kappa shape index (κ2) is 23.7. The first-order valence-corrected chi connectivity index (χ1v) is 24.4. The van der Waals surface area contributed by atoms with Gasteiger partial charge in [-0.05, 0) is 82.3 Å². The van der Waals surface area contributed by atoms with E-state index in [0.29, 0.717) is 13.2 Å². The van der Waals surface area contributed by atoms with Crippen molar-refractivity contribution in [3.63, 3.8) is 0 Å². The average Bonchev–Trinajstić information content (AvgIpc) is 3.35. The normalized spacial score (nSPS) is 28.2. The Kier molecular flexibility index (Phi) is 16.8. The van der Waals surface area contributed by atoms with Crippen molar-refractivity contribution < 1.29 is 47.7 Å². The first kappa shape index (κ1) is 47.6. The van der Waals surface area contributed by atoms with Crippen LogP contribution in [0.1, 0.15) is 44.5 Å². The summed E-state index contributed by atoms with van der Waals surface area (Å²) >= 11 is 1.57. The molecule has 4 aliphatic heterocycles. The van der Waals surface area contributed by atoms with Gasteiger partial charge in [0.25, 0.3) is 0 Å². The number of rotatable bonds is 10. The van der Waals surface area contributed by atoms with Gasteiger partial charge in [0.1, 0.15) is 54.3 Å². The van der Waals surface area contributed by atoms with Crippen molar-refractivity contribution in [3.05, 3.63) is 197 Å². The van der Waals surface area contributed by atoms with Crippen LogP contribution in [-0.4, -0.2) is 92.1 Å². The first-order valence-electron chi connectivity index (χ1n) is 23.5. The molecule has 0 spiro atoms. The molecule has 4 bridgehead atoms. The number of benzene rings is 5. The molecular formula is C56H62O10S. The smallest absolute Gasteiger partial charge is 0.187 e. The van der Waals surface area contributed by atoms with Crippen molar-refractivity contribution in [2.75, 3.05) is 26.4 Å². The molecule has 4 aliphatic rings. The minimum Gasteiger partial charge on any atom is -0.387 e. The van der Waals surface area contributed by atoms with Crippen LogP contribution in [0.15, 0.2) is 158 Å². The Balaban J connectivity index is 1.10. The third kappa shape index (κ3) is 11.9. The van der Waals surface area contributed by atoms with Gasteiger partial charge in [-0.1, -0.05) is 139 Å². The van der Waals surface area contributed by atoms with Gasteiger partial charge in [-0.15, -0.1) is 13.2 Å². The van der Waals surface area contributed by atoms with Gasteiger partial charge < -0.3 is 47.7 Å². The molecule has 67 heavy (non-hydrogen) atoms. The largest absolute Gasteiger partial charge is 0.387 e. The van der Waals surface area contributed by atoms with E-state index in [0.717, 1.165) is 52.8 Å². The molecule has 0 aromatic heterocycles. The monoisotopic (exact) mass is 926 g/mol. The molecule has 5 aromatic rings. The van der Waals surface area contributed by atoms with E-state index in [9.17, 15) is 5.11 Å². The Morgan fingerprint density at radius 1 is 0.507 bits per heavy atom. The molecule has 0 saturated carbocycles. The zero-order valence-corrected chi connectivity index (χ0v) is 38.8. The van der Waals surface area contributed by atoms with E-state index in [1.165, 1.54) is 22.3 Å². The maximum atomic E-state index is 12.2. The summed E-state index contributed by atoms with van der Waals surface area (Å²) in [4.78, 5) is 1.01. The highest BCUT2D eigenvalue weighted by Gasteiger charge is 2.54. The van der Waals surface area contributed by atoms with E-state index in [1.54, 1.807) is 23.9 Å². The van der Waals surface area contributed by atoms with Gasteiger partial charge in [0, 0.05) is 4.90 Å². The van der Waals surface area contributed by atoms with Crippen LogP contribution in [0.25, 0.3) is 0 Å². The second-order valence-electron chi connectivity index (χ2n) is 17.4. The van der Waals surface area contributed by atoms with Gasteiger partial charge in [0.2, 0.25) is 0 Å². The van der Waals surface area contributed by atoms with Gasteiger partial charge in [-0.2, -0.15) is 0 Å². The molecule has 10 atom stereocenters. The van der Waals surface area contributed by atoms with Crippen LogP contribution in [0.3, 0.4) is 0 Å². The van der Waals surface area contributed by atoms with Crippen LogP contribution in [0.4, 0.5) is 0 Å². The topological polar surface area (TPSA) is 103 Å². The molecule has 0 radical (unpaired) electrons. The lowest BCUT2D eigenvalue weighted by molar-refractivity contribution is -0.353. The van der Waals surface area contributed by atoms with Crippen molar-refractivity contribution in [1.82, 2.24) is 0 Å². The maximum Gasteiger partial charge on any atom is 0.187 e. The molecule has 11 heteroatoms. The molecule has 2 saturated heterocycles. The molecular weight excluding hydrogens is 865 g/mol. The SMILES string of the molecule is C=CCO[C@@H]1[C@H]2OCc3ccccc3CCc3ccccc3COC[C@@H](O[C@H]1Sc1ccccc1)[C@H]2O[C@H]1O[C@@H]2COCc3ccccc3CCc3ccccc3CO[C@@H]([C@@H]2O)[C@H]1OCC=C. The van der Waals surface area contributed by atoms with Crippen LogP contribution < -0.4 is 0 Å². The second-order valence-corrected chi connectivity index (χ2v) is 18.6. The molecule has 10 nitrogen and oxygen atoms in total. The fraction of sp³-hybridized carbons (Fsp3) is 0.393. The summed E-state index contributed by atoms with van der Waals surface area (Å²) in [6.45, 7) is 9.85. The van der Waals surface area contributed by atoms with Gasteiger partial charge in [0.15, 0.2) is 6.29 Å². The molecule has 0 unspecified atom stereocenters. The minimum absolute atomic E-state index is 0.0741. The zero-order valence-electron chi connectivity index (χ0n) is 38.0. The molecule has 9 rings (SSSR count). The van der Waals surface area contributed by atoms with Gasteiger partial charge in [0.05, 0.1) is 52.9 Å². The van der Waals surface area contributed by atoms with E-state index in [2.05, 4.69) is 110 Å². The maximum absolute atomic E-state index is 12.2. The summed E-state index contributed by atoms with van der Waals surface area (Å²) in [7, 11) is 0. The van der Waals surface area contributed by atoms with E-state index in [4.69, 9.17) is 42.6 Å². The van der Waals surface area contributed by atoms with E-state index in [1.807, 2.05) is 30.3 Å². The number of ether oxygens (including phenoxy) is 9. The zero-order chi connectivity index (χ0) is 45.8. The highest BCUT2D eigenvalue weighted by atomic mass is 32.2. The van der Waals surface area contributed by atoms with Crippen molar-refractivity contribution in [2.45, 2.75) is 118 Å². The van der Waals surface area contributed by atoms with Crippen molar-refractivity contribution in [3.8, 4) is 0 Å². The Morgan fingerprint density at radius 3 is 1.48 bits per heavy atom. The Bertz CT molecular complexity index is 2360. The average molecular weight is 927 g/mol. The van der Waals surface area contributed by atoms with Crippen molar-refractivity contribution in [1.29, 1.82) is 0 Å². The molecule has 4 heterocycles. The summed E-state index contributed by atoms with van der Waals surface area (Å²) in [5, 5.41) is 12.2. The van der Waals surface area contributed by atoms with E-state index in [-0.39, 0.29) is 39.6 Å². The number of aryl methyl sites for hydroxylation is 4.